The number of ether oxygens (including phenoxy) is 1. The number of piperidine rings is 1. The summed E-state index contributed by atoms with van der Waals surface area (Å²) in [6.07, 6.45) is 7.59. The topological polar surface area (TPSA) is 90.3 Å². The third kappa shape index (κ3) is 5.52. The molecule has 3 heterocycles. The second-order valence-corrected chi connectivity index (χ2v) is 9.18. The van der Waals surface area contributed by atoms with E-state index in [1.807, 2.05) is 12.4 Å². The van der Waals surface area contributed by atoms with Gasteiger partial charge in [0.2, 0.25) is 11.8 Å². The lowest BCUT2D eigenvalue weighted by Gasteiger charge is -2.31. The van der Waals surface area contributed by atoms with Crippen LogP contribution < -0.4 is 9.64 Å². The standard InChI is InChI=1S/C27H27F2N5O3/c1-3-17-13-30-27(31-14-17)34-8-6-18(7-9-34)16-36-25-21(28)11-20(12-22(25)29)26-32-23-10-19(15-33(2)35)4-5-24(23)37-26/h4-5,10-15,18H,3,6-9,16H2,1-2H3/b33-15-. The van der Waals surface area contributed by atoms with Gasteiger partial charge < -0.3 is 19.3 Å². The molecule has 5 rings (SSSR count). The summed E-state index contributed by atoms with van der Waals surface area (Å²) in [6, 6.07) is 7.33. The lowest BCUT2D eigenvalue weighted by Crippen LogP contribution is -2.36. The molecule has 1 fully saturated rings. The van der Waals surface area contributed by atoms with Crippen molar-refractivity contribution in [2.45, 2.75) is 26.2 Å². The summed E-state index contributed by atoms with van der Waals surface area (Å²) < 4.78 is 41.6. The molecule has 0 unspecified atom stereocenters. The van der Waals surface area contributed by atoms with Gasteiger partial charge in [0.1, 0.15) is 12.6 Å². The smallest absolute Gasteiger partial charge is 0.227 e. The molecule has 0 N–H and O–H groups in total. The molecule has 0 radical (unpaired) electrons. The van der Waals surface area contributed by atoms with Gasteiger partial charge in [-0.1, -0.05) is 6.92 Å². The van der Waals surface area contributed by atoms with Crippen molar-refractivity contribution in [2.24, 2.45) is 5.92 Å². The van der Waals surface area contributed by atoms with E-state index in [0.29, 0.717) is 27.4 Å². The van der Waals surface area contributed by atoms with Gasteiger partial charge in [-0.05, 0) is 61.1 Å². The molecular weight excluding hydrogens is 480 g/mol. The zero-order valence-corrected chi connectivity index (χ0v) is 20.7. The first-order chi connectivity index (χ1) is 17.9. The molecule has 1 aliphatic heterocycles. The average Bonchev–Trinajstić information content (AvgIpc) is 3.32. The molecule has 1 saturated heterocycles. The molecular formula is C27H27F2N5O3. The number of aryl methyl sites for hydroxylation is 1. The molecule has 37 heavy (non-hydrogen) atoms. The Bertz CT molecular complexity index is 1400. The van der Waals surface area contributed by atoms with Crippen LogP contribution in [0.1, 0.15) is 30.9 Å². The predicted octanol–water partition coefficient (Wildman–Crippen LogP) is 4.98. The van der Waals surface area contributed by atoms with Crippen LogP contribution in [-0.2, 0) is 6.42 Å². The Kier molecular flexibility index (Phi) is 6.98. The molecule has 0 spiro atoms. The van der Waals surface area contributed by atoms with Gasteiger partial charge in [-0.25, -0.2) is 28.5 Å². The highest BCUT2D eigenvalue weighted by Crippen LogP contribution is 2.31. The number of halogens is 2. The van der Waals surface area contributed by atoms with Crippen molar-refractivity contribution in [2.75, 3.05) is 31.6 Å². The first-order valence-electron chi connectivity index (χ1n) is 12.2. The molecule has 0 aliphatic carbocycles. The average molecular weight is 508 g/mol. The molecule has 0 bridgehead atoms. The highest BCUT2D eigenvalue weighted by molar-refractivity contribution is 5.85. The minimum Gasteiger partial charge on any atom is -0.624 e. The van der Waals surface area contributed by atoms with Crippen molar-refractivity contribution in [3.8, 4) is 17.2 Å². The largest absolute Gasteiger partial charge is 0.624 e. The van der Waals surface area contributed by atoms with E-state index < -0.39 is 17.4 Å². The number of nitrogens with zero attached hydrogens (tertiary/aromatic N) is 5. The first-order valence-corrected chi connectivity index (χ1v) is 12.2. The highest BCUT2D eigenvalue weighted by atomic mass is 19.1. The third-order valence-corrected chi connectivity index (χ3v) is 6.45. The van der Waals surface area contributed by atoms with Crippen LogP contribution in [-0.4, -0.2) is 52.6 Å². The predicted molar refractivity (Wildman–Crippen MR) is 136 cm³/mol. The zero-order chi connectivity index (χ0) is 25.9. The molecule has 192 valence electrons. The fraction of sp³-hybridized carbons (Fsp3) is 0.333. The van der Waals surface area contributed by atoms with Gasteiger partial charge in [-0.3, -0.25) is 0 Å². The first kappa shape index (κ1) is 24.6. The monoisotopic (exact) mass is 507 g/mol. The number of rotatable bonds is 7. The number of hydrogen-bond donors (Lipinski definition) is 0. The minimum absolute atomic E-state index is 0.0774. The maximum atomic E-state index is 14.9. The molecule has 1 aliphatic rings. The second kappa shape index (κ2) is 10.5. The summed E-state index contributed by atoms with van der Waals surface area (Å²) >= 11 is 0. The van der Waals surface area contributed by atoms with Gasteiger partial charge >= 0.3 is 0 Å². The van der Waals surface area contributed by atoms with E-state index in [1.54, 1.807) is 18.2 Å². The molecule has 4 aromatic rings. The molecule has 0 atom stereocenters. The second-order valence-electron chi connectivity index (χ2n) is 9.18. The van der Waals surface area contributed by atoms with E-state index in [4.69, 9.17) is 9.15 Å². The van der Waals surface area contributed by atoms with E-state index in [0.717, 1.165) is 50.0 Å². The lowest BCUT2D eigenvalue weighted by molar-refractivity contribution is -0.416. The van der Waals surface area contributed by atoms with Crippen LogP contribution >= 0.6 is 0 Å². The normalized spacial score (nSPS) is 14.9. The zero-order valence-electron chi connectivity index (χ0n) is 20.7. The van der Waals surface area contributed by atoms with Crippen LogP contribution in [0.4, 0.5) is 14.7 Å². The number of anilines is 1. The minimum atomic E-state index is -0.818. The molecule has 10 heteroatoms. The summed E-state index contributed by atoms with van der Waals surface area (Å²) in [7, 11) is 1.37. The van der Waals surface area contributed by atoms with Crippen molar-refractivity contribution in [3.63, 3.8) is 0 Å². The fourth-order valence-corrected chi connectivity index (χ4v) is 4.37. The van der Waals surface area contributed by atoms with Crippen LogP contribution in [0.15, 0.2) is 47.1 Å². The summed E-state index contributed by atoms with van der Waals surface area (Å²) in [5.74, 6) is -1.09. The Balaban J connectivity index is 1.23. The van der Waals surface area contributed by atoms with Crippen molar-refractivity contribution in [1.82, 2.24) is 15.0 Å². The molecule has 2 aromatic heterocycles. The highest BCUT2D eigenvalue weighted by Gasteiger charge is 2.23. The van der Waals surface area contributed by atoms with Crippen LogP contribution in [0, 0.1) is 22.8 Å². The quantitative estimate of drug-likeness (QED) is 0.151. The summed E-state index contributed by atoms with van der Waals surface area (Å²) in [5.41, 5.74) is 2.81. The number of benzene rings is 2. The van der Waals surface area contributed by atoms with Crippen LogP contribution in [0.3, 0.4) is 0 Å². The number of hydroxylamine groups is 1. The lowest BCUT2D eigenvalue weighted by atomic mass is 9.98. The molecule has 0 saturated carbocycles. The third-order valence-electron chi connectivity index (χ3n) is 6.45. The van der Waals surface area contributed by atoms with E-state index >= 15 is 0 Å². The van der Waals surface area contributed by atoms with E-state index in [2.05, 4.69) is 26.8 Å². The van der Waals surface area contributed by atoms with Gasteiger partial charge in [0.25, 0.3) is 0 Å². The van der Waals surface area contributed by atoms with Crippen LogP contribution in [0.25, 0.3) is 22.6 Å². The Labute approximate surface area is 212 Å². The maximum absolute atomic E-state index is 14.9. The van der Waals surface area contributed by atoms with Crippen molar-refractivity contribution in [3.05, 3.63) is 70.7 Å². The van der Waals surface area contributed by atoms with Crippen LogP contribution in [0.5, 0.6) is 5.75 Å². The van der Waals surface area contributed by atoms with Gasteiger partial charge in [0.15, 0.2) is 29.2 Å². The SMILES string of the molecule is CCc1cnc(N2CCC(COc3c(F)cc(-c4nc5cc(/C=[N+](/C)[O-])ccc5o4)cc3F)CC2)nc1. The van der Waals surface area contributed by atoms with Crippen LogP contribution in [0.2, 0.25) is 0 Å². The van der Waals surface area contributed by atoms with Crippen molar-refractivity contribution in [1.29, 1.82) is 0 Å². The van der Waals surface area contributed by atoms with Gasteiger partial charge in [-0.15, -0.1) is 0 Å². The molecule has 2 aromatic carbocycles. The Morgan fingerprint density at radius 2 is 1.84 bits per heavy atom. The van der Waals surface area contributed by atoms with E-state index in [9.17, 15) is 14.0 Å². The van der Waals surface area contributed by atoms with E-state index in [1.165, 1.54) is 13.3 Å². The number of hydrogen-bond acceptors (Lipinski definition) is 7. The summed E-state index contributed by atoms with van der Waals surface area (Å²) in [6.45, 7) is 3.79. The Hall–Kier alpha value is -4.08. The summed E-state index contributed by atoms with van der Waals surface area (Å²) in [5, 5.41) is 11.2. The number of oxazole rings is 1. The Morgan fingerprint density at radius 1 is 1.14 bits per heavy atom. The van der Waals surface area contributed by atoms with Gasteiger partial charge in [0, 0.05) is 36.6 Å². The number of aromatic nitrogens is 3. The molecule has 8 nitrogen and oxygen atoms in total. The molecule has 0 amide bonds. The van der Waals surface area contributed by atoms with Crippen molar-refractivity contribution >= 4 is 23.3 Å². The summed E-state index contributed by atoms with van der Waals surface area (Å²) in [4.78, 5) is 15.3. The van der Waals surface area contributed by atoms with Gasteiger partial charge in [-0.2, -0.15) is 0 Å². The maximum Gasteiger partial charge on any atom is 0.227 e. The van der Waals surface area contributed by atoms with E-state index in [-0.39, 0.29) is 24.0 Å². The van der Waals surface area contributed by atoms with Crippen molar-refractivity contribution < 1.29 is 22.7 Å². The number of fused-ring (bicyclic) bond motifs is 1. The van der Waals surface area contributed by atoms with Gasteiger partial charge in [0.05, 0.1) is 6.61 Å². The fourth-order valence-electron chi connectivity index (χ4n) is 4.37. The Morgan fingerprint density at radius 3 is 2.49 bits per heavy atom.